The number of thiazole rings is 1. The van der Waals surface area contributed by atoms with Gasteiger partial charge in [0, 0.05) is 5.69 Å². The molecule has 3 heterocycles. The van der Waals surface area contributed by atoms with Crippen LogP contribution in [0, 0.1) is 13.8 Å². The Morgan fingerprint density at radius 3 is 2.67 bits per heavy atom. The second kappa shape index (κ2) is 7.43. The van der Waals surface area contributed by atoms with E-state index in [4.69, 9.17) is 9.26 Å². The first kappa shape index (κ1) is 19.0. The molecule has 0 saturated heterocycles. The van der Waals surface area contributed by atoms with Crippen LogP contribution in [-0.4, -0.2) is 33.6 Å². The molecule has 1 amide bonds. The van der Waals surface area contributed by atoms with Gasteiger partial charge in [-0.1, -0.05) is 30.3 Å². The number of aryl methyl sites for hydroxylation is 2. The number of rotatable bonds is 5. The van der Waals surface area contributed by atoms with Crippen LogP contribution < -0.4 is 5.32 Å². The Balaban J connectivity index is 1.96. The Bertz CT molecular complexity index is 1020. The summed E-state index contributed by atoms with van der Waals surface area (Å²) < 4.78 is 10.3. The highest BCUT2D eigenvalue weighted by atomic mass is 32.1. The quantitative estimate of drug-likeness (QED) is 0.661. The van der Waals surface area contributed by atoms with Crippen molar-refractivity contribution < 1.29 is 18.8 Å². The lowest BCUT2D eigenvalue weighted by atomic mass is 10.0. The molecular formula is C18H20N4O4S. The molecule has 0 spiro atoms. The van der Waals surface area contributed by atoms with Crippen molar-refractivity contribution in [1.82, 2.24) is 15.1 Å². The molecule has 0 aliphatic carbocycles. The maximum Gasteiger partial charge on any atom is 0.350 e. The highest BCUT2D eigenvalue weighted by Gasteiger charge is 2.22. The normalized spacial score (nSPS) is 11.2. The van der Waals surface area contributed by atoms with Crippen molar-refractivity contribution in [2.45, 2.75) is 40.5 Å². The molecule has 0 atom stereocenters. The van der Waals surface area contributed by atoms with Gasteiger partial charge in [0.05, 0.1) is 28.9 Å². The Morgan fingerprint density at radius 1 is 1.26 bits per heavy atom. The topological polar surface area (TPSA) is 107 Å². The minimum atomic E-state index is -0.448. The summed E-state index contributed by atoms with van der Waals surface area (Å²) in [6, 6.07) is 1.74. The van der Waals surface area contributed by atoms with Gasteiger partial charge >= 0.3 is 5.97 Å². The number of esters is 1. The van der Waals surface area contributed by atoms with E-state index in [1.54, 1.807) is 26.8 Å². The molecule has 0 unspecified atom stereocenters. The van der Waals surface area contributed by atoms with Crippen LogP contribution in [-0.2, 0) is 4.74 Å². The fourth-order valence-electron chi connectivity index (χ4n) is 2.59. The number of nitrogens with zero attached hydrogens (tertiary/aromatic N) is 3. The maximum atomic E-state index is 12.9. The molecule has 0 fully saturated rings. The van der Waals surface area contributed by atoms with Crippen molar-refractivity contribution in [3.8, 4) is 0 Å². The molecule has 0 aromatic carbocycles. The number of carbonyl (C=O) groups is 2. The van der Waals surface area contributed by atoms with Gasteiger partial charge in [-0.15, -0.1) is 0 Å². The van der Waals surface area contributed by atoms with Crippen LogP contribution in [0.15, 0.2) is 10.6 Å². The highest BCUT2D eigenvalue weighted by Crippen LogP contribution is 2.28. The minimum Gasteiger partial charge on any atom is -0.462 e. The van der Waals surface area contributed by atoms with E-state index in [1.807, 2.05) is 13.8 Å². The summed E-state index contributed by atoms with van der Waals surface area (Å²) in [6.07, 6.45) is 0. The third-order valence-corrected chi connectivity index (χ3v) is 5.00. The molecule has 3 rings (SSSR count). The van der Waals surface area contributed by atoms with E-state index in [0.29, 0.717) is 38.1 Å². The van der Waals surface area contributed by atoms with Crippen molar-refractivity contribution in [3.05, 3.63) is 33.6 Å². The average molecular weight is 388 g/mol. The summed E-state index contributed by atoms with van der Waals surface area (Å²) in [5.74, 6) is -0.695. The van der Waals surface area contributed by atoms with Crippen LogP contribution >= 0.6 is 11.3 Å². The first-order valence-corrected chi connectivity index (χ1v) is 9.36. The lowest BCUT2D eigenvalue weighted by molar-refractivity contribution is 0.0531. The number of nitrogens with one attached hydrogen (secondary N) is 1. The Morgan fingerprint density at radius 2 is 2.00 bits per heavy atom. The van der Waals surface area contributed by atoms with E-state index in [2.05, 4.69) is 20.4 Å². The first-order chi connectivity index (χ1) is 12.8. The number of fused-ring (bicyclic) bond motifs is 1. The molecule has 27 heavy (non-hydrogen) atoms. The number of hydrogen-bond donors (Lipinski definition) is 1. The smallest absolute Gasteiger partial charge is 0.350 e. The van der Waals surface area contributed by atoms with Gasteiger partial charge in [0.25, 0.3) is 11.6 Å². The summed E-state index contributed by atoms with van der Waals surface area (Å²) in [5, 5.41) is 7.56. The van der Waals surface area contributed by atoms with E-state index in [1.165, 1.54) is 0 Å². The standard InChI is InChI=1S/C18H20N4O4S/c1-6-25-17(24)14-10(5)19-18(27-14)21-15(23)11-7-12(8(2)3)20-16-13(11)9(4)22-26-16/h7-8H,6H2,1-5H3,(H,19,21,23). The van der Waals surface area contributed by atoms with E-state index < -0.39 is 5.97 Å². The third-order valence-electron chi connectivity index (χ3n) is 3.95. The van der Waals surface area contributed by atoms with Crippen LogP contribution in [0.4, 0.5) is 5.13 Å². The minimum absolute atomic E-state index is 0.115. The second-order valence-corrected chi connectivity index (χ2v) is 7.30. The van der Waals surface area contributed by atoms with Crippen LogP contribution in [0.2, 0.25) is 0 Å². The zero-order valence-corrected chi connectivity index (χ0v) is 16.6. The number of pyridine rings is 1. The summed E-state index contributed by atoms with van der Waals surface area (Å²) in [5.41, 5.74) is 2.56. The third kappa shape index (κ3) is 3.68. The lowest BCUT2D eigenvalue weighted by Gasteiger charge is -2.08. The fourth-order valence-corrected chi connectivity index (χ4v) is 3.44. The molecule has 0 bridgehead atoms. The number of carbonyl (C=O) groups excluding carboxylic acids is 2. The molecular weight excluding hydrogens is 368 g/mol. The SMILES string of the molecule is CCOC(=O)c1sc(NC(=O)c2cc(C(C)C)nc3onc(C)c23)nc1C. The molecule has 9 heteroatoms. The number of ether oxygens (including phenoxy) is 1. The van der Waals surface area contributed by atoms with Crippen molar-refractivity contribution in [3.63, 3.8) is 0 Å². The van der Waals surface area contributed by atoms with E-state index in [9.17, 15) is 9.59 Å². The lowest BCUT2D eigenvalue weighted by Crippen LogP contribution is -2.13. The molecule has 3 aromatic rings. The predicted molar refractivity (Wildman–Crippen MR) is 101 cm³/mol. The molecule has 3 aromatic heterocycles. The molecule has 0 radical (unpaired) electrons. The van der Waals surface area contributed by atoms with Gasteiger partial charge in [-0.2, -0.15) is 0 Å². The van der Waals surface area contributed by atoms with Gasteiger partial charge < -0.3 is 9.26 Å². The second-order valence-electron chi connectivity index (χ2n) is 6.31. The molecule has 142 valence electrons. The monoisotopic (exact) mass is 388 g/mol. The summed E-state index contributed by atoms with van der Waals surface area (Å²) in [7, 11) is 0. The zero-order valence-electron chi connectivity index (χ0n) is 15.7. The van der Waals surface area contributed by atoms with E-state index in [0.717, 1.165) is 17.0 Å². The van der Waals surface area contributed by atoms with Crippen molar-refractivity contribution >= 4 is 39.4 Å². The van der Waals surface area contributed by atoms with Gasteiger partial charge in [-0.3, -0.25) is 10.1 Å². The molecule has 0 aliphatic heterocycles. The fraction of sp³-hybridized carbons (Fsp3) is 0.389. The van der Waals surface area contributed by atoms with Crippen molar-refractivity contribution in [2.75, 3.05) is 11.9 Å². The number of hydrogen-bond acceptors (Lipinski definition) is 8. The van der Waals surface area contributed by atoms with Gasteiger partial charge in [0.2, 0.25) is 0 Å². The van der Waals surface area contributed by atoms with Crippen LogP contribution in [0.1, 0.15) is 63.8 Å². The molecule has 0 saturated carbocycles. The summed E-state index contributed by atoms with van der Waals surface area (Å²) >= 11 is 1.08. The highest BCUT2D eigenvalue weighted by molar-refractivity contribution is 7.17. The zero-order chi connectivity index (χ0) is 19.7. The van der Waals surface area contributed by atoms with Crippen molar-refractivity contribution in [1.29, 1.82) is 0 Å². The predicted octanol–water partition coefficient (Wildman–Crippen LogP) is 3.85. The van der Waals surface area contributed by atoms with Gasteiger partial charge in [0.15, 0.2) is 5.13 Å². The number of amides is 1. The summed E-state index contributed by atoms with van der Waals surface area (Å²) in [6.45, 7) is 9.43. The Kier molecular flexibility index (Phi) is 5.22. The Hall–Kier alpha value is -2.81. The number of aromatic nitrogens is 3. The number of anilines is 1. The average Bonchev–Trinajstić information content (AvgIpc) is 3.17. The van der Waals surface area contributed by atoms with Crippen molar-refractivity contribution in [2.24, 2.45) is 0 Å². The molecule has 8 nitrogen and oxygen atoms in total. The van der Waals surface area contributed by atoms with Gasteiger partial charge in [0.1, 0.15) is 4.88 Å². The molecule has 1 N–H and O–H groups in total. The van der Waals surface area contributed by atoms with E-state index in [-0.39, 0.29) is 18.4 Å². The van der Waals surface area contributed by atoms with Crippen LogP contribution in [0.3, 0.4) is 0 Å². The van der Waals surface area contributed by atoms with Crippen LogP contribution in [0.5, 0.6) is 0 Å². The largest absolute Gasteiger partial charge is 0.462 e. The van der Waals surface area contributed by atoms with Gasteiger partial charge in [-0.25, -0.2) is 14.8 Å². The first-order valence-electron chi connectivity index (χ1n) is 8.54. The van der Waals surface area contributed by atoms with E-state index >= 15 is 0 Å². The van der Waals surface area contributed by atoms with Crippen LogP contribution in [0.25, 0.3) is 11.1 Å². The summed E-state index contributed by atoms with van der Waals surface area (Å²) in [4.78, 5) is 33.9. The molecule has 0 aliphatic rings. The van der Waals surface area contributed by atoms with Gasteiger partial charge in [-0.05, 0) is 32.8 Å². The Labute approximate surface area is 159 Å². The maximum absolute atomic E-state index is 12.9.